The quantitative estimate of drug-likeness (QED) is 0.508. The van der Waals surface area contributed by atoms with E-state index in [0.29, 0.717) is 18.2 Å². The Labute approximate surface area is 91.6 Å². The number of carbonyl (C=O) groups excluding carboxylic acids is 1. The van der Waals surface area contributed by atoms with Crippen molar-refractivity contribution in [1.29, 1.82) is 0 Å². The third-order valence-electron chi connectivity index (χ3n) is 2.58. The maximum atomic E-state index is 11.5. The second kappa shape index (κ2) is 6.30. The Bertz CT molecular complexity index is 187. The van der Waals surface area contributed by atoms with Gasteiger partial charge in [-0.25, -0.2) is 0 Å². The summed E-state index contributed by atoms with van der Waals surface area (Å²) in [6.07, 6.45) is 1.75. The standard InChI is InChI=1S/C10H20N2OS/c1-2-11-4-3-5-12-7-9(8-14)6-10(12)13/h9,11,14H,2-8H2,1H3. The first kappa shape index (κ1) is 11.9. The van der Waals surface area contributed by atoms with E-state index < -0.39 is 0 Å². The van der Waals surface area contributed by atoms with Crippen LogP contribution in [0.4, 0.5) is 0 Å². The molecule has 0 spiro atoms. The molecule has 82 valence electrons. The molecule has 1 N–H and O–H groups in total. The van der Waals surface area contributed by atoms with Gasteiger partial charge in [0.05, 0.1) is 0 Å². The summed E-state index contributed by atoms with van der Waals surface area (Å²) >= 11 is 4.23. The molecule has 0 aromatic heterocycles. The maximum absolute atomic E-state index is 11.5. The molecule has 4 heteroatoms. The van der Waals surface area contributed by atoms with E-state index in [9.17, 15) is 4.79 Å². The van der Waals surface area contributed by atoms with Crippen LogP contribution in [0.5, 0.6) is 0 Å². The highest BCUT2D eigenvalue weighted by molar-refractivity contribution is 7.80. The molecule has 14 heavy (non-hydrogen) atoms. The molecular formula is C10H20N2OS. The average molecular weight is 216 g/mol. The number of thiol groups is 1. The molecule has 1 aliphatic rings. The third kappa shape index (κ3) is 3.50. The molecule has 0 radical (unpaired) electrons. The van der Waals surface area contributed by atoms with Crippen LogP contribution in [0.2, 0.25) is 0 Å². The maximum Gasteiger partial charge on any atom is 0.222 e. The molecule has 1 unspecified atom stereocenters. The number of hydrogen-bond donors (Lipinski definition) is 2. The van der Waals surface area contributed by atoms with Gasteiger partial charge in [-0.1, -0.05) is 6.92 Å². The molecule has 0 aliphatic carbocycles. The van der Waals surface area contributed by atoms with Gasteiger partial charge in [0.15, 0.2) is 0 Å². The molecule has 1 amide bonds. The molecule has 0 saturated carbocycles. The normalized spacial score (nSPS) is 22.0. The van der Waals surface area contributed by atoms with Crippen molar-refractivity contribution in [1.82, 2.24) is 10.2 Å². The van der Waals surface area contributed by atoms with E-state index >= 15 is 0 Å². The Morgan fingerprint density at radius 2 is 2.43 bits per heavy atom. The molecule has 3 nitrogen and oxygen atoms in total. The lowest BCUT2D eigenvalue weighted by atomic mass is 10.1. The van der Waals surface area contributed by atoms with Crippen LogP contribution in [0, 0.1) is 5.92 Å². The van der Waals surface area contributed by atoms with E-state index in [4.69, 9.17) is 0 Å². The smallest absolute Gasteiger partial charge is 0.222 e. The Hall–Kier alpha value is -0.220. The van der Waals surface area contributed by atoms with Crippen molar-refractivity contribution in [3.63, 3.8) is 0 Å². The molecule has 1 saturated heterocycles. The van der Waals surface area contributed by atoms with Gasteiger partial charge in [0.2, 0.25) is 5.91 Å². The van der Waals surface area contributed by atoms with E-state index in [-0.39, 0.29) is 0 Å². The molecule has 0 aromatic rings. The SMILES string of the molecule is CCNCCCN1CC(CS)CC1=O. The highest BCUT2D eigenvalue weighted by atomic mass is 32.1. The summed E-state index contributed by atoms with van der Waals surface area (Å²) < 4.78 is 0. The van der Waals surface area contributed by atoms with Gasteiger partial charge in [-0.2, -0.15) is 12.6 Å². The van der Waals surface area contributed by atoms with Crippen molar-refractivity contribution in [3.05, 3.63) is 0 Å². The Balaban J connectivity index is 2.15. The summed E-state index contributed by atoms with van der Waals surface area (Å²) in [6.45, 7) is 5.92. The third-order valence-corrected chi connectivity index (χ3v) is 3.10. The summed E-state index contributed by atoms with van der Waals surface area (Å²) in [7, 11) is 0. The van der Waals surface area contributed by atoms with Crippen molar-refractivity contribution in [3.8, 4) is 0 Å². The number of hydrogen-bond acceptors (Lipinski definition) is 3. The van der Waals surface area contributed by atoms with E-state index in [1.165, 1.54) is 0 Å². The number of carbonyl (C=O) groups is 1. The Kier molecular flexibility index (Phi) is 5.33. The lowest BCUT2D eigenvalue weighted by Crippen LogP contribution is -2.29. The van der Waals surface area contributed by atoms with Crippen LogP contribution in [0.15, 0.2) is 0 Å². The lowest BCUT2D eigenvalue weighted by molar-refractivity contribution is -0.127. The fraction of sp³-hybridized carbons (Fsp3) is 0.900. The fourth-order valence-corrected chi connectivity index (χ4v) is 2.01. The van der Waals surface area contributed by atoms with Crippen molar-refractivity contribution < 1.29 is 4.79 Å². The second-order valence-corrected chi connectivity index (χ2v) is 4.16. The molecule has 1 atom stereocenters. The summed E-state index contributed by atoms with van der Waals surface area (Å²) in [5, 5.41) is 3.26. The average Bonchev–Trinajstić information content (AvgIpc) is 2.54. The molecule has 1 rings (SSSR count). The molecule has 1 aliphatic heterocycles. The first-order chi connectivity index (χ1) is 6.77. The topological polar surface area (TPSA) is 32.3 Å². The van der Waals surface area contributed by atoms with Gasteiger partial charge in [-0.05, 0) is 31.2 Å². The van der Waals surface area contributed by atoms with Crippen LogP contribution in [-0.2, 0) is 4.79 Å². The van der Waals surface area contributed by atoms with Gasteiger partial charge in [0.25, 0.3) is 0 Å². The summed E-state index contributed by atoms with van der Waals surface area (Å²) in [4.78, 5) is 13.4. The first-order valence-corrected chi connectivity index (χ1v) is 6.00. The molecule has 0 bridgehead atoms. The summed E-state index contributed by atoms with van der Waals surface area (Å²) in [5.41, 5.74) is 0. The minimum absolute atomic E-state index is 0.306. The summed E-state index contributed by atoms with van der Waals surface area (Å²) in [5.74, 6) is 1.61. The highest BCUT2D eigenvalue weighted by Crippen LogP contribution is 2.18. The van der Waals surface area contributed by atoms with Crippen LogP contribution in [0.25, 0.3) is 0 Å². The van der Waals surface area contributed by atoms with Gasteiger partial charge in [-0.3, -0.25) is 4.79 Å². The van der Waals surface area contributed by atoms with Crippen LogP contribution in [0.1, 0.15) is 19.8 Å². The molecule has 0 aromatic carbocycles. The zero-order valence-corrected chi connectivity index (χ0v) is 9.72. The van der Waals surface area contributed by atoms with E-state index in [1.807, 2.05) is 4.90 Å². The van der Waals surface area contributed by atoms with Gasteiger partial charge < -0.3 is 10.2 Å². The van der Waals surface area contributed by atoms with Gasteiger partial charge in [-0.15, -0.1) is 0 Å². The van der Waals surface area contributed by atoms with Crippen LogP contribution >= 0.6 is 12.6 Å². The Morgan fingerprint density at radius 3 is 3.00 bits per heavy atom. The minimum Gasteiger partial charge on any atom is -0.342 e. The zero-order chi connectivity index (χ0) is 10.4. The predicted molar refractivity (Wildman–Crippen MR) is 61.7 cm³/mol. The molecule has 1 heterocycles. The second-order valence-electron chi connectivity index (χ2n) is 3.80. The summed E-state index contributed by atoms with van der Waals surface area (Å²) in [6, 6.07) is 0. The number of amides is 1. The van der Waals surface area contributed by atoms with Crippen molar-refractivity contribution >= 4 is 18.5 Å². The highest BCUT2D eigenvalue weighted by Gasteiger charge is 2.27. The van der Waals surface area contributed by atoms with Gasteiger partial charge in [0.1, 0.15) is 0 Å². The number of nitrogens with one attached hydrogen (secondary N) is 1. The first-order valence-electron chi connectivity index (χ1n) is 5.37. The van der Waals surface area contributed by atoms with Crippen molar-refractivity contribution in [2.75, 3.05) is 31.9 Å². The van der Waals surface area contributed by atoms with Gasteiger partial charge >= 0.3 is 0 Å². The van der Waals surface area contributed by atoms with Crippen LogP contribution in [0.3, 0.4) is 0 Å². The zero-order valence-electron chi connectivity index (χ0n) is 8.83. The number of nitrogens with zero attached hydrogens (tertiary/aromatic N) is 1. The number of rotatable bonds is 6. The van der Waals surface area contributed by atoms with Crippen molar-refractivity contribution in [2.24, 2.45) is 5.92 Å². The van der Waals surface area contributed by atoms with Crippen LogP contribution in [-0.4, -0.2) is 42.7 Å². The predicted octanol–water partition coefficient (Wildman–Crippen LogP) is 0.764. The van der Waals surface area contributed by atoms with E-state index in [2.05, 4.69) is 24.9 Å². The lowest BCUT2D eigenvalue weighted by Gasteiger charge is -2.16. The molecular weight excluding hydrogens is 196 g/mol. The molecule has 1 fully saturated rings. The minimum atomic E-state index is 0.306. The monoisotopic (exact) mass is 216 g/mol. The fourth-order valence-electron chi connectivity index (χ4n) is 1.76. The Morgan fingerprint density at radius 1 is 1.64 bits per heavy atom. The van der Waals surface area contributed by atoms with E-state index in [1.54, 1.807) is 0 Å². The number of likely N-dealkylation sites (tertiary alicyclic amines) is 1. The van der Waals surface area contributed by atoms with Crippen LogP contribution < -0.4 is 5.32 Å². The largest absolute Gasteiger partial charge is 0.342 e. The van der Waals surface area contributed by atoms with Crippen molar-refractivity contribution in [2.45, 2.75) is 19.8 Å². The van der Waals surface area contributed by atoms with Gasteiger partial charge in [0, 0.05) is 19.5 Å². The van der Waals surface area contributed by atoms with E-state index in [0.717, 1.165) is 38.4 Å².